The van der Waals surface area contributed by atoms with E-state index in [1.54, 1.807) is 11.3 Å². The average molecular weight is 300 g/mol. The second kappa shape index (κ2) is 5.07. The van der Waals surface area contributed by atoms with Gasteiger partial charge < -0.3 is 4.90 Å². The fraction of sp³-hybridized carbons (Fsp3) is 0.500. The number of fused-ring (bicyclic) bond motifs is 1. The third kappa shape index (κ3) is 2.24. The van der Waals surface area contributed by atoms with Gasteiger partial charge in [-0.2, -0.15) is 0 Å². The van der Waals surface area contributed by atoms with Crippen LogP contribution in [0.4, 0.5) is 5.82 Å². The molecule has 21 heavy (non-hydrogen) atoms. The van der Waals surface area contributed by atoms with Crippen LogP contribution < -0.4 is 4.90 Å². The van der Waals surface area contributed by atoms with Gasteiger partial charge in [0.2, 0.25) is 0 Å². The van der Waals surface area contributed by atoms with Gasteiger partial charge in [-0.05, 0) is 31.2 Å². The fourth-order valence-electron chi connectivity index (χ4n) is 3.42. The second-order valence-electron chi connectivity index (χ2n) is 6.01. The van der Waals surface area contributed by atoms with Crippen LogP contribution in [-0.2, 0) is 0 Å². The highest BCUT2D eigenvalue weighted by molar-refractivity contribution is 7.17. The van der Waals surface area contributed by atoms with Gasteiger partial charge in [0.05, 0.1) is 5.39 Å². The largest absolute Gasteiger partial charge is 0.354 e. The molecule has 4 rings (SSSR count). The van der Waals surface area contributed by atoms with Crippen molar-refractivity contribution in [2.45, 2.75) is 26.3 Å². The van der Waals surface area contributed by atoms with Crippen molar-refractivity contribution in [2.24, 2.45) is 0 Å². The van der Waals surface area contributed by atoms with Gasteiger partial charge in [0.15, 0.2) is 0 Å². The molecule has 0 spiro atoms. The molecule has 2 aliphatic heterocycles. The Morgan fingerprint density at radius 1 is 1.19 bits per heavy atom. The van der Waals surface area contributed by atoms with Crippen molar-refractivity contribution < 1.29 is 0 Å². The predicted molar refractivity (Wildman–Crippen MR) is 88.2 cm³/mol. The Morgan fingerprint density at radius 3 is 2.81 bits per heavy atom. The van der Waals surface area contributed by atoms with E-state index < -0.39 is 0 Å². The number of aryl methyl sites for hydroxylation is 2. The zero-order valence-corrected chi connectivity index (χ0v) is 13.4. The molecule has 5 heteroatoms. The summed E-state index contributed by atoms with van der Waals surface area (Å²) in [5.74, 6) is 2.02. The zero-order chi connectivity index (χ0) is 14.4. The van der Waals surface area contributed by atoms with E-state index in [2.05, 4.69) is 39.2 Å². The average Bonchev–Trinajstić information content (AvgIpc) is 3.17. The molecule has 0 bridgehead atoms. The maximum atomic E-state index is 4.76. The topological polar surface area (TPSA) is 32.3 Å². The maximum absolute atomic E-state index is 4.76. The minimum absolute atomic E-state index is 0.657. The first-order valence-corrected chi connectivity index (χ1v) is 8.47. The molecular formula is C16H20N4S. The van der Waals surface area contributed by atoms with Crippen molar-refractivity contribution in [3.63, 3.8) is 0 Å². The van der Waals surface area contributed by atoms with Crippen LogP contribution in [0.25, 0.3) is 10.2 Å². The van der Waals surface area contributed by atoms with Gasteiger partial charge in [-0.15, -0.1) is 11.3 Å². The first-order chi connectivity index (χ1) is 10.2. The Hall–Kier alpha value is -1.46. The number of thiophene rings is 1. The molecule has 2 aliphatic rings. The summed E-state index contributed by atoms with van der Waals surface area (Å²) in [5.41, 5.74) is 1.30. The Kier molecular flexibility index (Phi) is 3.19. The summed E-state index contributed by atoms with van der Waals surface area (Å²) in [7, 11) is 0. The lowest BCUT2D eigenvalue weighted by Gasteiger charge is -2.24. The van der Waals surface area contributed by atoms with Crippen molar-refractivity contribution in [3.05, 3.63) is 28.9 Å². The van der Waals surface area contributed by atoms with Crippen molar-refractivity contribution in [1.82, 2.24) is 14.9 Å². The first kappa shape index (κ1) is 13.2. The molecule has 110 valence electrons. The number of hydrogen-bond donors (Lipinski definition) is 0. The van der Waals surface area contributed by atoms with E-state index in [9.17, 15) is 0 Å². The minimum atomic E-state index is 0.657. The Bertz CT molecular complexity index is 698. The van der Waals surface area contributed by atoms with Gasteiger partial charge in [0.1, 0.15) is 16.5 Å². The number of aromatic nitrogens is 2. The molecule has 2 aromatic rings. The first-order valence-electron chi connectivity index (χ1n) is 7.59. The SMILES string of the molecule is Cc1nc(N2CCC(N3CC=CC3)C2)c2c(C)csc2n1. The highest BCUT2D eigenvalue weighted by atomic mass is 32.1. The molecule has 0 N–H and O–H groups in total. The normalized spacial score (nSPS) is 22.8. The van der Waals surface area contributed by atoms with Gasteiger partial charge in [-0.3, -0.25) is 4.90 Å². The molecule has 1 fully saturated rings. The molecule has 1 unspecified atom stereocenters. The molecule has 1 saturated heterocycles. The maximum Gasteiger partial charge on any atom is 0.141 e. The van der Waals surface area contributed by atoms with Crippen molar-refractivity contribution in [1.29, 1.82) is 0 Å². The van der Waals surface area contributed by atoms with Crippen LogP contribution in [0.3, 0.4) is 0 Å². The summed E-state index contributed by atoms with van der Waals surface area (Å²) < 4.78 is 0. The number of hydrogen-bond acceptors (Lipinski definition) is 5. The van der Waals surface area contributed by atoms with E-state index in [4.69, 9.17) is 4.98 Å². The molecule has 0 radical (unpaired) electrons. The monoisotopic (exact) mass is 300 g/mol. The Labute approximate surface area is 129 Å². The number of rotatable bonds is 2. The fourth-order valence-corrected chi connectivity index (χ4v) is 4.38. The van der Waals surface area contributed by atoms with Crippen LogP contribution in [-0.4, -0.2) is 47.1 Å². The van der Waals surface area contributed by atoms with Crippen LogP contribution in [0, 0.1) is 13.8 Å². The minimum Gasteiger partial charge on any atom is -0.354 e. The van der Waals surface area contributed by atoms with Crippen LogP contribution in [0.2, 0.25) is 0 Å². The standard InChI is InChI=1S/C16H20N4S/c1-11-10-21-16-14(11)15(17-12(2)18-16)20-8-5-13(9-20)19-6-3-4-7-19/h3-4,10,13H,5-9H2,1-2H3. The summed E-state index contributed by atoms with van der Waals surface area (Å²) in [6, 6.07) is 0.657. The van der Waals surface area contributed by atoms with E-state index in [1.165, 1.54) is 17.4 Å². The summed E-state index contributed by atoms with van der Waals surface area (Å²) in [6.45, 7) is 8.56. The molecule has 2 aromatic heterocycles. The lowest BCUT2D eigenvalue weighted by atomic mass is 10.2. The van der Waals surface area contributed by atoms with Gasteiger partial charge in [-0.25, -0.2) is 9.97 Å². The summed E-state index contributed by atoms with van der Waals surface area (Å²) >= 11 is 1.73. The van der Waals surface area contributed by atoms with Crippen molar-refractivity contribution in [3.8, 4) is 0 Å². The van der Waals surface area contributed by atoms with Crippen LogP contribution >= 0.6 is 11.3 Å². The molecule has 4 heterocycles. The van der Waals surface area contributed by atoms with Crippen molar-refractivity contribution in [2.75, 3.05) is 31.1 Å². The van der Waals surface area contributed by atoms with E-state index in [1.807, 2.05) is 6.92 Å². The highest BCUT2D eigenvalue weighted by Crippen LogP contribution is 2.33. The third-order valence-electron chi connectivity index (χ3n) is 4.54. The van der Waals surface area contributed by atoms with Gasteiger partial charge >= 0.3 is 0 Å². The molecule has 0 saturated carbocycles. The second-order valence-corrected chi connectivity index (χ2v) is 6.87. The summed E-state index contributed by atoms with van der Waals surface area (Å²) in [5, 5.41) is 3.45. The van der Waals surface area contributed by atoms with E-state index in [0.717, 1.165) is 42.7 Å². The number of nitrogens with zero attached hydrogens (tertiary/aromatic N) is 4. The van der Waals surface area contributed by atoms with Crippen LogP contribution in [0.5, 0.6) is 0 Å². The highest BCUT2D eigenvalue weighted by Gasteiger charge is 2.30. The predicted octanol–water partition coefficient (Wildman–Crippen LogP) is 2.76. The molecule has 1 atom stereocenters. The number of anilines is 1. The van der Waals surface area contributed by atoms with Gasteiger partial charge in [0.25, 0.3) is 0 Å². The Balaban J connectivity index is 1.66. The smallest absolute Gasteiger partial charge is 0.141 e. The van der Waals surface area contributed by atoms with Crippen molar-refractivity contribution >= 4 is 27.4 Å². The zero-order valence-electron chi connectivity index (χ0n) is 12.5. The molecule has 0 amide bonds. The third-order valence-corrected chi connectivity index (χ3v) is 5.53. The molecular weight excluding hydrogens is 280 g/mol. The van der Waals surface area contributed by atoms with E-state index >= 15 is 0 Å². The Morgan fingerprint density at radius 2 is 2.00 bits per heavy atom. The van der Waals surface area contributed by atoms with E-state index in [-0.39, 0.29) is 0 Å². The van der Waals surface area contributed by atoms with E-state index in [0.29, 0.717) is 6.04 Å². The lowest BCUT2D eigenvalue weighted by Crippen LogP contribution is -2.35. The summed E-state index contributed by atoms with van der Waals surface area (Å²) in [6.07, 6.45) is 5.78. The summed E-state index contributed by atoms with van der Waals surface area (Å²) in [4.78, 5) is 15.5. The van der Waals surface area contributed by atoms with Crippen LogP contribution in [0.15, 0.2) is 17.5 Å². The van der Waals surface area contributed by atoms with Gasteiger partial charge in [-0.1, -0.05) is 12.2 Å². The lowest BCUT2D eigenvalue weighted by molar-refractivity contribution is 0.271. The van der Waals surface area contributed by atoms with Crippen LogP contribution in [0.1, 0.15) is 17.8 Å². The quantitative estimate of drug-likeness (QED) is 0.798. The molecule has 0 aliphatic carbocycles. The van der Waals surface area contributed by atoms with Gasteiger partial charge in [0, 0.05) is 32.2 Å². The molecule has 4 nitrogen and oxygen atoms in total. The molecule has 0 aromatic carbocycles.